The summed E-state index contributed by atoms with van der Waals surface area (Å²) in [7, 11) is 0. The fraction of sp³-hybridized carbons (Fsp3) is 0.231. The molecule has 2 amide bonds. The van der Waals surface area contributed by atoms with Gasteiger partial charge in [0.1, 0.15) is 0 Å². The number of hydrogen-bond donors (Lipinski definition) is 2. The third-order valence-corrected chi connectivity index (χ3v) is 5.01. The zero-order chi connectivity index (χ0) is 21.0. The van der Waals surface area contributed by atoms with Crippen LogP contribution in [0.4, 0.5) is 0 Å². The number of aryl methyl sites for hydroxylation is 1. The Hall–Kier alpha value is -3.40. The fourth-order valence-corrected chi connectivity index (χ4v) is 3.41. The van der Waals surface area contributed by atoms with Crippen LogP contribution in [0, 0.1) is 0 Å². The van der Waals surface area contributed by atoms with E-state index in [1.807, 2.05) is 54.6 Å². The molecular formula is C26H28N2O2. The monoisotopic (exact) mass is 400 g/mol. The summed E-state index contributed by atoms with van der Waals surface area (Å²) in [6.45, 7) is 0.311. The Bertz CT molecular complexity index is 912. The van der Waals surface area contributed by atoms with Crippen LogP contribution in [0.3, 0.4) is 0 Å². The van der Waals surface area contributed by atoms with E-state index >= 15 is 0 Å². The number of nitrogens with one attached hydrogen (secondary N) is 2. The SMILES string of the molecule is O=C(CCNC(=O)c1ccccc1)NC(CCCc1ccccc1)c1ccccc1. The van der Waals surface area contributed by atoms with Gasteiger partial charge in [0.15, 0.2) is 0 Å². The van der Waals surface area contributed by atoms with Crippen molar-refractivity contribution in [3.05, 3.63) is 108 Å². The number of rotatable bonds is 10. The molecule has 0 aliphatic rings. The lowest BCUT2D eigenvalue weighted by molar-refractivity contribution is -0.121. The van der Waals surface area contributed by atoms with Crippen LogP contribution in [0.1, 0.15) is 46.8 Å². The number of hydrogen-bond acceptors (Lipinski definition) is 2. The standard InChI is InChI=1S/C26H28N2O2/c29-25(19-20-27-26(30)23-16-8-3-9-17-23)28-24(22-14-6-2-7-15-22)18-10-13-21-11-4-1-5-12-21/h1-9,11-12,14-17,24H,10,13,18-20H2,(H,27,30)(H,28,29). The molecule has 0 aliphatic heterocycles. The van der Waals surface area contributed by atoms with E-state index in [0.717, 1.165) is 24.8 Å². The lowest BCUT2D eigenvalue weighted by Crippen LogP contribution is -2.33. The highest BCUT2D eigenvalue weighted by molar-refractivity contribution is 5.94. The number of carbonyl (C=O) groups is 2. The molecule has 4 heteroatoms. The van der Waals surface area contributed by atoms with Gasteiger partial charge in [-0.2, -0.15) is 0 Å². The van der Waals surface area contributed by atoms with Gasteiger partial charge in [0.2, 0.25) is 5.91 Å². The first kappa shape index (κ1) is 21.3. The predicted molar refractivity (Wildman–Crippen MR) is 120 cm³/mol. The largest absolute Gasteiger partial charge is 0.352 e. The van der Waals surface area contributed by atoms with Gasteiger partial charge in [0.25, 0.3) is 5.91 Å². The molecule has 2 N–H and O–H groups in total. The molecule has 154 valence electrons. The van der Waals surface area contributed by atoms with Gasteiger partial charge >= 0.3 is 0 Å². The molecule has 1 unspecified atom stereocenters. The quantitative estimate of drug-likeness (QED) is 0.519. The molecule has 0 radical (unpaired) electrons. The normalized spacial score (nSPS) is 11.5. The van der Waals surface area contributed by atoms with Gasteiger partial charge in [0.05, 0.1) is 6.04 Å². The fourth-order valence-electron chi connectivity index (χ4n) is 3.41. The van der Waals surface area contributed by atoms with Gasteiger partial charge in [-0.1, -0.05) is 78.9 Å². The molecule has 0 heterocycles. The minimum absolute atomic E-state index is 0.0350. The van der Waals surface area contributed by atoms with Crippen molar-refractivity contribution in [2.75, 3.05) is 6.54 Å². The van der Waals surface area contributed by atoms with Crippen molar-refractivity contribution in [2.45, 2.75) is 31.7 Å². The summed E-state index contributed by atoms with van der Waals surface area (Å²) in [5.74, 6) is -0.220. The Morgan fingerprint density at radius 2 is 1.37 bits per heavy atom. The summed E-state index contributed by atoms with van der Waals surface area (Å²) < 4.78 is 0. The van der Waals surface area contributed by atoms with Gasteiger partial charge in [0, 0.05) is 18.5 Å². The highest BCUT2D eigenvalue weighted by Crippen LogP contribution is 2.20. The van der Waals surface area contributed by atoms with Crippen LogP contribution in [0.15, 0.2) is 91.0 Å². The summed E-state index contributed by atoms with van der Waals surface area (Å²) in [4.78, 5) is 24.6. The van der Waals surface area contributed by atoms with E-state index in [-0.39, 0.29) is 24.3 Å². The molecule has 30 heavy (non-hydrogen) atoms. The van der Waals surface area contributed by atoms with Gasteiger partial charge in [-0.3, -0.25) is 9.59 Å². The average molecular weight is 401 g/mol. The lowest BCUT2D eigenvalue weighted by Gasteiger charge is -2.19. The molecular weight excluding hydrogens is 372 g/mol. The van der Waals surface area contributed by atoms with E-state index in [4.69, 9.17) is 0 Å². The summed E-state index contributed by atoms with van der Waals surface area (Å²) >= 11 is 0. The van der Waals surface area contributed by atoms with E-state index in [2.05, 4.69) is 34.9 Å². The molecule has 0 bridgehead atoms. The summed E-state index contributed by atoms with van der Waals surface area (Å²) in [5.41, 5.74) is 3.01. The summed E-state index contributed by atoms with van der Waals surface area (Å²) in [6, 6.07) is 29.4. The molecule has 3 aromatic carbocycles. The second-order valence-electron chi connectivity index (χ2n) is 7.28. The van der Waals surface area contributed by atoms with Crippen LogP contribution >= 0.6 is 0 Å². The van der Waals surface area contributed by atoms with Gasteiger partial charge in [-0.15, -0.1) is 0 Å². The van der Waals surface area contributed by atoms with Crippen LogP contribution in [-0.2, 0) is 11.2 Å². The van der Waals surface area contributed by atoms with Crippen molar-refractivity contribution in [2.24, 2.45) is 0 Å². The van der Waals surface area contributed by atoms with Crippen molar-refractivity contribution in [1.82, 2.24) is 10.6 Å². The van der Waals surface area contributed by atoms with E-state index in [9.17, 15) is 9.59 Å². The molecule has 0 aromatic heterocycles. The van der Waals surface area contributed by atoms with E-state index in [1.54, 1.807) is 12.1 Å². The lowest BCUT2D eigenvalue weighted by atomic mass is 9.99. The second kappa shape index (κ2) is 11.6. The Morgan fingerprint density at radius 3 is 2.03 bits per heavy atom. The van der Waals surface area contributed by atoms with Crippen LogP contribution in [0.2, 0.25) is 0 Å². The summed E-state index contributed by atoms with van der Waals surface area (Å²) in [5, 5.41) is 5.95. The Morgan fingerprint density at radius 1 is 0.767 bits per heavy atom. The smallest absolute Gasteiger partial charge is 0.251 e. The van der Waals surface area contributed by atoms with Crippen LogP contribution in [-0.4, -0.2) is 18.4 Å². The van der Waals surface area contributed by atoms with Crippen molar-refractivity contribution in [3.8, 4) is 0 Å². The maximum Gasteiger partial charge on any atom is 0.251 e. The van der Waals surface area contributed by atoms with Crippen LogP contribution in [0.5, 0.6) is 0 Å². The van der Waals surface area contributed by atoms with Gasteiger partial charge < -0.3 is 10.6 Å². The molecule has 1 atom stereocenters. The average Bonchev–Trinajstić information content (AvgIpc) is 2.80. The van der Waals surface area contributed by atoms with Crippen molar-refractivity contribution < 1.29 is 9.59 Å². The van der Waals surface area contributed by atoms with Gasteiger partial charge in [-0.05, 0) is 42.5 Å². The highest BCUT2D eigenvalue weighted by Gasteiger charge is 2.14. The first-order chi connectivity index (χ1) is 14.7. The maximum atomic E-state index is 12.5. The molecule has 0 saturated heterocycles. The molecule has 0 spiro atoms. The Kier molecular flexibility index (Phi) is 8.22. The topological polar surface area (TPSA) is 58.2 Å². The Balaban J connectivity index is 1.49. The first-order valence-electron chi connectivity index (χ1n) is 10.4. The summed E-state index contributed by atoms with van der Waals surface area (Å²) in [6.07, 6.45) is 3.07. The molecule has 0 saturated carbocycles. The third-order valence-electron chi connectivity index (χ3n) is 5.01. The highest BCUT2D eigenvalue weighted by atomic mass is 16.2. The Labute approximate surface area is 178 Å². The maximum absolute atomic E-state index is 12.5. The van der Waals surface area contributed by atoms with E-state index in [0.29, 0.717) is 12.1 Å². The number of carbonyl (C=O) groups excluding carboxylic acids is 2. The zero-order valence-electron chi connectivity index (χ0n) is 17.1. The third kappa shape index (κ3) is 6.89. The first-order valence-corrected chi connectivity index (χ1v) is 10.4. The minimum Gasteiger partial charge on any atom is -0.352 e. The molecule has 3 rings (SSSR count). The molecule has 3 aromatic rings. The van der Waals surface area contributed by atoms with Crippen molar-refractivity contribution in [1.29, 1.82) is 0 Å². The van der Waals surface area contributed by atoms with Gasteiger partial charge in [-0.25, -0.2) is 0 Å². The number of amides is 2. The molecule has 0 aliphatic carbocycles. The molecule has 4 nitrogen and oxygen atoms in total. The van der Waals surface area contributed by atoms with Crippen molar-refractivity contribution >= 4 is 11.8 Å². The predicted octanol–water partition coefficient (Wildman–Crippen LogP) is 4.69. The second-order valence-corrected chi connectivity index (χ2v) is 7.28. The van der Waals surface area contributed by atoms with Crippen LogP contribution < -0.4 is 10.6 Å². The van der Waals surface area contributed by atoms with E-state index in [1.165, 1.54) is 5.56 Å². The van der Waals surface area contributed by atoms with Crippen LogP contribution in [0.25, 0.3) is 0 Å². The van der Waals surface area contributed by atoms with Crippen molar-refractivity contribution in [3.63, 3.8) is 0 Å². The number of benzene rings is 3. The minimum atomic E-state index is -0.161. The van der Waals surface area contributed by atoms with E-state index < -0.39 is 0 Å². The zero-order valence-corrected chi connectivity index (χ0v) is 17.1. The molecule has 0 fully saturated rings.